The van der Waals surface area contributed by atoms with Crippen molar-refractivity contribution in [3.8, 4) is 0 Å². The van der Waals surface area contributed by atoms with Gasteiger partial charge in [-0.2, -0.15) is 0 Å². The van der Waals surface area contributed by atoms with Crippen LogP contribution < -0.4 is 0 Å². The highest BCUT2D eigenvalue weighted by Crippen LogP contribution is 2.48. The lowest BCUT2D eigenvalue weighted by Crippen LogP contribution is -2.60. The van der Waals surface area contributed by atoms with Gasteiger partial charge in [-0.15, -0.1) is 0 Å². The summed E-state index contributed by atoms with van der Waals surface area (Å²) >= 11 is 0. The first-order valence-electron chi connectivity index (χ1n) is 14.4. The number of urea groups is 1. The van der Waals surface area contributed by atoms with E-state index >= 15 is 0 Å². The number of benzene rings is 1. The molecule has 1 aromatic rings. The standard InChI is InChI=1S/C30H46N4O3/c1-7-31-20-30(34(21(2)3)27(31)35)15-24-13-14-25(16-30)33(24)18-23-17-32(28(36)37-29(4,5)6)19-26(23)22-11-9-8-10-12-22/h8-12,21,23-26H,7,13-20H2,1-6H3/t23-,24?,25?,26-,30?/m1/s1. The number of carbonyl (C=O) groups is 2. The summed E-state index contributed by atoms with van der Waals surface area (Å²) in [7, 11) is 0. The van der Waals surface area contributed by atoms with Crippen LogP contribution in [0.2, 0.25) is 0 Å². The van der Waals surface area contributed by atoms with Crippen molar-refractivity contribution < 1.29 is 14.3 Å². The Kier molecular flexibility index (Phi) is 6.97. The molecule has 4 saturated heterocycles. The van der Waals surface area contributed by atoms with Crippen molar-refractivity contribution >= 4 is 12.1 Å². The topological polar surface area (TPSA) is 56.3 Å². The first-order valence-corrected chi connectivity index (χ1v) is 14.4. The van der Waals surface area contributed by atoms with E-state index in [0.29, 0.717) is 30.5 Å². The Bertz CT molecular complexity index is 976. The lowest BCUT2D eigenvalue weighted by atomic mass is 9.80. The number of piperidine rings is 1. The first kappa shape index (κ1) is 26.3. The van der Waals surface area contributed by atoms with Gasteiger partial charge in [-0.1, -0.05) is 30.3 Å². The summed E-state index contributed by atoms with van der Waals surface area (Å²) in [5, 5.41) is 0. The number of likely N-dealkylation sites (tertiary alicyclic amines) is 1. The average molecular weight is 511 g/mol. The number of amides is 3. The van der Waals surface area contributed by atoms with Crippen LogP contribution in [0, 0.1) is 5.92 Å². The molecule has 4 fully saturated rings. The van der Waals surface area contributed by atoms with Crippen molar-refractivity contribution in [1.29, 1.82) is 0 Å². The van der Waals surface area contributed by atoms with Crippen molar-refractivity contribution in [3.63, 3.8) is 0 Å². The zero-order valence-corrected chi connectivity index (χ0v) is 23.7. The van der Waals surface area contributed by atoms with E-state index in [1.807, 2.05) is 25.7 Å². The van der Waals surface area contributed by atoms with E-state index < -0.39 is 5.60 Å². The van der Waals surface area contributed by atoms with Gasteiger partial charge in [0.25, 0.3) is 0 Å². The highest BCUT2D eigenvalue weighted by molar-refractivity contribution is 5.78. The van der Waals surface area contributed by atoms with Crippen LogP contribution >= 0.6 is 0 Å². The quantitative estimate of drug-likeness (QED) is 0.549. The number of carbonyl (C=O) groups excluding carboxylic acids is 2. The van der Waals surface area contributed by atoms with E-state index in [0.717, 1.165) is 39.0 Å². The number of ether oxygens (including phenoxy) is 1. The van der Waals surface area contributed by atoms with Crippen LogP contribution in [0.5, 0.6) is 0 Å². The summed E-state index contributed by atoms with van der Waals surface area (Å²) in [5.74, 6) is 0.672. The zero-order chi connectivity index (χ0) is 26.5. The Labute approximate surface area is 223 Å². The Balaban J connectivity index is 1.35. The number of fused-ring (bicyclic) bond motifs is 2. The molecule has 2 bridgehead atoms. The van der Waals surface area contributed by atoms with E-state index in [2.05, 4.69) is 65.8 Å². The van der Waals surface area contributed by atoms with Gasteiger partial charge in [-0.25, -0.2) is 9.59 Å². The van der Waals surface area contributed by atoms with Gasteiger partial charge >= 0.3 is 12.1 Å². The lowest BCUT2D eigenvalue weighted by molar-refractivity contribution is 0.00841. The summed E-state index contributed by atoms with van der Waals surface area (Å²) in [5.41, 5.74) is 0.775. The molecule has 1 spiro atoms. The molecule has 0 radical (unpaired) electrons. The van der Waals surface area contributed by atoms with E-state index in [4.69, 9.17) is 4.74 Å². The Hall–Kier alpha value is -2.28. The van der Waals surface area contributed by atoms with Crippen molar-refractivity contribution in [2.75, 3.05) is 32.7 Å². The molecular weight excluding hydrogens is 464 g/mol. The van der Waals surface area contributed by atoms with E-state index in [1.165, 1.54) is 18.4 Å². The van der Waals surface area contributed by atoms with Crippen molar-refractivity contribution in [1.82, 2.24) is 19.6 Å². The molecule has 7 nitrogen and oxygen atoms in total. The van der Waals surface area contributed by atoms with Gasteiger partial charge in [0.1, 0.15) is 5.60 Å². The molecule has 4 aliphatic heterocycles. The molecule has 204 valence electrons. The molecule has 2 unspecified atom stereocenters. The fourth-order valence-electron chi connectivity index (χ4n) is 7.79. The predicted molar refractivity (Wildman–Crippen MR) is 146 cm³/mol. The van der Waals surface area contributed by atoms with Crippen LogP contribution in [-0.4, -0.2) is 93.7 Å². The minimum absolute atomic E-state index is 0.0410. The fourth-order valence-corrected chi connectivity index (χ4v) is 7.79. The molecule has 0 N–H and O–H groups in total. The third kappa shape index (κ3) is 4.96. The second-order valence-electron chi connectivity index (χ2n) is 13.1. The molecule has 0 aromatic heterocycles. The summed E-state index contributed by atoms with van der Waals surface area (Å²) in [6.45, 7) is 16.3. The maximum Gasteiger partial charge on any atom is 0.410 e. The summed E-state index contributed by atoms with van der Waals surface area (Å²) in [6, 6.07) is 12.1. The predicted octanol–water partition coefficient (Wildman–Crippen LogP) is 5.17. The average Bonchev–Trinajstić information content (AvgIpc) is 3.44. The molecule has 4 atom stereocenters. The summed E-state index contributed by atoms with van der Waals surface area (Å²) in [6.07, 6.45) is 4.33. The molecule has 3 amide bonds. The Morgan fingerprint density at radius 3 is 2.30 bits per heavy atom. The maximum atomic E-state index is 13.2. The fraction of sp³-hybridized carbons (Fsp3) is 0.733. The van der Waals surface area contributed by atoms with Crippen LogP contribution in [0.15, 0.2) is 30.3 Å². The number of nitrogens with zero attached hydrogens (tertiary/aromatic N) is 4. The third-order valence-corrected chi connectivity index (χ3v) is 9.14. The van der Waals surface area contributed by atoms with Gasteiger partial charge in [0.05, 0.1) is 5.54 Å². The van der Waals surface area contributed by atoms with Gasteiger partial charge in [0, 0.05) is 56.8 Å². The second-order valence-corrected chi connectivity index (χ2v) is 13.1. The zero-order valence-electron chi connectivity index (χ0n) is 23.7. The van der Waals surface area contributed by atoms with Gasteiger partial charge in [0.2, 0.25) is 0 Å². The van der Waals surface area contributed by atoms with E-state index in [1.54, 1.807) is 0 Å². The largest absolute Gasteiger partial charge is 0.444 e. The molecule has 1 aromatic carbocycles. The molecule has 0 aliphatic carbocycles. The molecular formula is C30H46N4O3. The minimum atomic E-state index is -0.495. The normalized spacial score (nSPS) is 32.3. The van der Waals surface area contributed by atoms with Gasteiger partial charge in [-0.3, -0.25) is 4.90 Å². The number of hydrogen-bond acceptors (Lipinski definition) is 4. The monoisotopic (exact) mass is 510 g/mol. The van der Waals surface area contributed by atoms with Crippen molar-refractivity contribution in [2.45, 2.75) is 102 Å². The highest BCUT2D eigenvalue weighted by atomic mass is 16.6. The molecule has 7 heteroatoms. The molecule has 5 rings (SSSR count). The number of likely N-dealkylation sites (N-methyl/N-ethyl adjacent to an activating group) is 1. The highest BCUT2D eigenvalue weighted by Gasteiger charge is 2.58. The van der Waals surface area contributed by atoms with Crippen LogP contribution in [0.25, 0.3) is 0 Å². The smallest absolute Gasteiger partial charge is 0.410 e. The third-order valence-electron chi connectivity index (χ3n) is 9.14. The molecule has 4 heterocycles. The van der Waals surface area contributed by atoms with Gasteiger partial charge in [0.15, 0.2) is 0 Å². The Morgan fingerprint density at radius 1 is 1.08 bits per heavy atom. The SMILES string of the molecule is CCN1CC2(CC3CCC(C2)N3C[C@H]2CN(C(=O)OC(C)(C)C)C[C@@H]2c2ccccc2)N(C(C)C)C1=O. The summed E-state index contributed by atoms with van der Waals surface area (Å²) < 4.78 is 5.76. The van der Waals surface area contributed by atoms with Crippen LogP contribution in [0.3, 0.4) is 0 Å². The van der Waals surface area contributed by atoms with Crippen molar-refractivity contribution in [3.05, 3.63) is 35.9 Å². The molecule has 4 aliphatic rings. The maximum absolute atomic E-state index is 13.2. The van der Waals surface area contributed by atoms with Crippen LogP contribution in [0.4, 0.5) is 9.59 Å². The summed E-state index contributed by atoms with van der Waals surface area (Å²) in [4.78, 5) is 35.2. The van der Waals surface area contributed by atoms with Crippen LogP contribution in [-0.2, 0) is 4.74 Å². The minimum Gasteiger partial charge on any atom is -0.444 e. The lowest BCUT2D eigenvalue weighted by Gasteiger charge is -2.50. The van der Waals surface area contributed by atoms with E-state index in [-0.39, 0.29) is 23.7 Å². The molecule has 37 heavy (non-hydrogen) atoms. The van der Waals surface area contributed by atoms with E-state index in [9.17, 15) is 9.59 Å². The van der Waals surface area contributed by atoms with Gasteiger partial charge < -0.3 is 19.4 Å². The second kappa shape index (κ2) is 9.79. The first-order chi connectivity index (χ1) is 17.5. The molecule has 0 saturated carbocycles. The number of hydrogen-bond donors (Lipinski definition) is 0. The van der Waals surface area contributed by atoms with Crippen molar-refractivity contribution in [2.24, 2.45) is 5.92 Å². The van der Waals surface area contributed by atoms with Crippen LogP contribution in [0.1, 0.15) is 78.7 Å². The van der Waals surface area contributed by atoms with Gasteiger partial charge in [-0.05, 0) is 78.7 Å². The Morgan fingerprint density at radius 2 is 1.73 bits per heavy atom. The number of rotatable bonds is 5.